The molecule has 1 amide bonds. The maximum Gasteiger partial charge on any atom is 0.249 e. The smallest absolute Gasteiger partial charge is 0.249 e. The van der Waals surface area contributed by atoms with Crippen molar-refractivity contribution in [1.29, 1.82) is 0 Å². The van der Waals surface area contributed by atoms with Gasteiger partial charge in [-0.1, -0.05) is 30.3 Å². The molecule has 2 aromatic carbocycles. The highest BCUT2D eigenvalue weighted by molar-refractivity contribution is 5.94. The summed E-state index contributed by atoms with van der Waals surface area (Å²) >= 11 is 0. The highest BCUT2D eigenvalue weighted by Gasteiger charge is 2.23. The number of nitrogens with one attached hydrogen (secondary N) is 1. The average molecular weight is 353 g/mol. The zero-order chi connectivity index (χ0) is 18.4. The molecule has 0 aliphatic carbocycles. The fraction of sp³-hybridized carbons (Fsp3) is 0.222. The first kappa shape index (κ1) is 17.4. The highest BCUT2D eigenvalue weighted by atomic mass is 16.5. The van der Waals surface area contributed by atoms with Gasteiger partial charge in [-0.15, -0.1) is 5.10 Å². The molecule has 1 N–H and O–H groups in total. The van der Waals surface area contributed by atoms with E-state index in [-0.39, 0.29) is 5.91 Å². The molecular weight excluding hydrogens is 334 g/mol. The molecule has 134 valence electrons. The third-order valence-electron chi connectivity index (χ3n) is 3.88. The van der Waals surface area contributed by atoms with Crippen LogP contribution in [0, 0.1) is 0 Å². The summed E-state index contributed by atoms with van der Waals surface area (Å²) in [5.41, 5.74) is 1.57. The molecule has 26 heavy (non-hydrogen) atoms. The lowest BCUT2D eigenvalue weighted by molar-refractivity contribution is -0.119. The molecule has 1 atom stereocenters. The van der Waals surface area contributed by atoms with Crippen molar-refractivity contribution in [1.82, 2.24) is 20.2 Å². The van der Waals surface area contributed by atoms with Crippen LogP contribution in [0.1, 0.15) is 11.6 Å². The van der Waals surface area contributed by atoms with Gasteiger partial charge in [0.2, 0.25) is 5.91 Å². The van der Waals surface area contributed by atoms with Crippen molar-refractivity contribution in [3.63, 3.8) is 0 Å². The monoisotopic (exact) mass is 353 g/mol. The second kappa shape index (κ2) is 8.11. The molecule has 1 aromatic heterocycles. The molecule has 0 unspecified atom stereocenters. The quantitative estimate of drug-likeness (QED) is 0.699. The molecule has 0 spiro atoms. The minimum atomic E-state index is -0.593. The Bertz CT molecular complexity index is 830. The van der Waals surface area contributed by atoms with E-state index in [4.69, 9.17) is 9.47 Å². The number of methoxy groups -OCH3 is 2. The third kappa shape index (κ3) is 4.15. The van der Waals surface area contributed by atoms with E-state index >= 15 is 0 Å². The number of carbonyl (C=O) groups is 1. The molecular formula is C18H19N5O3. The van der Waals surface area contributed by atoms with Crippen molar-refractivity contribution in [3.8, 4) is 11.5 Å². The number of amides is 1. The normalized spacial score (nSPS) is 11.6. The first-order valence-corrected chi connectivity index (χ1v) is 8.00. The third-order valence-corrected chi connectivity index (χ3v) is 3.88. The van der Waals surface area contributed by atoms with Gasteiger partial charge in [0.1, 0.15) is 23.9 Å². The number of ether oxygens (including phenoxy) is 2. The van der Waals surface area contributed by atoms with Gasteiger partial charge in [-0.25, -0.2) is 4.68 Å². The Morgan fingerprint density at radius 1 is 1.12 bits per heavy atom. The van der Waals surface area contributed by atoms with Crippen LogP contribution >= 0.6 is 0 Å². The van der Waals surface area contributed by atoms with Crippen LogP contribution in [0.4, 0.5) is 5.69 Å². The van der Waals surface area contributed by atoms with Crippen LogP contribution in [0.15, 0.2) is 54.9 Å². The van der Waals surface area contributed by atoms with Crippen LogP contribution in [0.3, 0.4) is 0 Å². The van der Waals surface area contributed by atoms with Crippen LogP contribution in [0.2, 0.25) is 0 Å². The summed E-state index contributed by atoms with van der Waals surface area (Å²) in [6, 6.07) is 14.3. The summed E-state index contributed by atoms with van der Waals surface area (Å²) in [6.07, 6.45) is 1.89. The topological polar surface area (TPSA) is 91.2 Å². The predicted octanol–water partition coefficient (Wildman–Crippen LogP) is 2.11. The van der Waals surface area contributed by atoms with Crippen molar-refractivity contribution in [3.05, 3.63) is 60.4 Å². The van der Waals surface area contributed by atoms with E-state index in [0.29, 0.717) is 23.6 Å². The lowest BCUT2D eigenvalue weighted by Crippen LogP contribution is -2.28. The largest absolute Gasteiger partial charge is 0.497 e. The van der Waals surface area contributed by atoms with Gasteiger partial charge in [0.05, 0.1) is 14.2 Å². The molecule has 8 nitrogen and oxygen atoms in total. The SMILES string of the molecule is COc1cc(NC(=O)[C@@H](Cc2ccccc2)n2cnnn2)cc(OC)c1. The maximum absolute atomic E-state index is 12.9. The Labute approximate surface area is 150 Å². The zero-order valence-electron chi connectivity index (χ0n) is 14.5. The number of hydrogen-bond acceptors (Lipinski definition) is 6. The zero-order valence-corrected chi connectivity index (χ0v) is 14.5. The molecule has 0 bridgehead atoms. The van der Waals surface area contributed by atoms with Gasteiger partial charge in [0.25, 0.3) is 0 Å². The standard InChI is InChI=1S/C18H19N5O3/c1-25-15-9-14(10-16(11-15)26-2)20-18(24)17(23-12-19-21-22-23)8-13-6-4-3-5-7-13/h3-7,9-12,17H,8H2,1-2H3,(H,20,24)/t17-/m1/s1. The lowest BCUT2D eigenvalue weighted by Gasteiger charge is -2.17. The number of rotatable bonds is 7. The fourth-order valence-corrected chi connectivity index (χ4v) is 2.56. The number of carbonyl (C=O) groups excluding carboxylic acids is 1. The Hall–Kier alpha value is -3.42. The number of aromatic nitrogens is 4. The number of hydrogen-bond donors (Lipinski definition) is 1. The first-order valence-electron chi connectivity index (χ1n) is 8.00. The molecule has 3 aromatic rings. The van der Waals surface area contributed by atoms with Gasteiger partial charge in [0, 0.05) is 30.3 Å². The van der Waals surface area contributed by atoms with E-state index in [9.17, 15) is 4.79 Å². The van der Waals surface area contributed by atoms with Crippen LogP contribution in [0.5, 0.6) is 11.5 Å². The molecule has 0 radical (unpaired) electrons. The number of nitrogens with zero attached hydrogens (tertiary/aromatic N) is 4. The van der Waals surface area contributed by atoms with Crippen molar-refractivity contribution < 1.29 is 14.3 Å². The average Bonchev–Trinajstić information content (AvgIpc) is 3.20. The van der Waals surface area contributed by atoms with Crippen LogP contribution in [-0.4, -0.2) is 40.3 Å². The minimum Gasteiger partial charge on any atom is -0.497 e. The molecule has 0 aliphatic heterocycles. The Kier molecular flexibility index (Phi) is 5.43. The molecule has 0 saturated heterocycles. The second-order valence-corrected chi connectivity index (χ2v) is 5.59. The Morgan fingerprint density at radius 2 is 1.81 bits per heavy atom. The molecule has 8 heteroatoms. The first-order chi connectivity index (χ1) is 12.7. The van der Waals surface area contributed by atoms with Gasteiger partial charge >= 0.3 is 0 Å². The fourth-order valence-electron chi connectivity index (χ4n) is 2.56. The summed E-state index contributed by atoms with van der Waals surface area (Å²) in [5.74, 6) is 0.930. The molecule has 0 fully saturated rings. The van der Waals surface area contributed by atoms with Gasteiger partial charge in [-0.05, 0) is 16.0 Å². The van der Waals surface area contributed by atoms with Crippen molar-refractivity contribution in [2.75, 3.05) is 19.5 Å². The summed E-state index contributed by atoms with van der Waals surface area (Å²) in [6.45, 7) is 0. The summed E-state index contributed by atoms with van der Waals surface area (Å²) in [4.78, 5) is 12.9. The van der Waals surface area contributed by atoms with Crippen molar-refractivity contribution in [2.45, 2.75) is 12.5 Å². The van der Waals surface area contributed by atoms with E-state index in [1.807, 2.05) is 30.3 Å². The van der Waals surface area contributed by atoms with Crippen molar-refractivity contribution in [2.24, 2.45) is 0 Å². The summed E-state index contributed by atoms with van der Waals surface area (Å²) < 4.78 is 11.9. The van der Waals surface area contributed by atoms with Gasteiger partial charge in [0.15, 0.2) is 0 Å². The second-order valence-electron chi connectivity index (χ2n) is 5.59. The maximum atomic E-state index is 12.9. The van der Waals surface area contributed by atoms with E-state index in [1.54, 1.807) is 32.4 Å². The number of anilines is 1. The summed E-state index contributed by atoms with van der Waals surface area (Å²) in [7, 11) is 3.11. The number of benzene rings is 2. The van der Waals surface area contributed by atoms with Gasteiger partial charge in [-0.2, -0.15) is 0 Å². The predicted molar refractivity (Wildman–Crippen MR) is 95.2 cm³/mol. The number of tetrazole rings is 1. The van der Waals surface area contributed by atoms with E-state index in [1.165, 1.54) is 11.0 Å². The van der Waals surface area contributed by atoms with Gasteiger partial charge in [-0.3, -0.25) is 4.79 Å². The molecule has 1 heterocycles. The highest BCUT2D eigenvalue weighted by Crippen LogP contribution is 2.26. The molecule has 0 saturated carbocycles. The van der Waals surface area contributed by atoms with Crippen LogP contribution < -0.4 is 14.8 Å². The lowest BCUT2D eigenvalue weighted by atomic mass is 10.1. The van der Waals surface area contributed by atoms with Gasteiger partial charge < -0.3 is 14.8 Å². The van der Waals surface area contributed by atoms with Crippen LogP contribution in [-0.2, 0) is 11.2 Å². The van der Waals surface area contributed by atoms with E-state index in [2.05, 4.69) is 20.8 Å². The molecule has 0 aliphatic rings. The van der Waals surface area contributed by atoms with E-state index < -0.39 is 6.04 Å². The molecule has 3 rings (SSSR count). The van der Waals surface area contributed by atoms with Crippen molar-refractivity contribution >= 4 is 11.6 Å². The minimum absolute atomic E-state index is 0.239. The Morgan fingerprint density at radius 3 is 2.38 bits per heavy atom. The van der Waals surface area contributed by atoms with Crippen LogP contribution in [0.25, 0.3) is 0 Å². The Balaban J connectivity index is 1.84. The van der Waals surface area contributed by atoms with E-state index in [0.717, 1.165) is 5.56 Å². The summed E-state index contributed by atoms with van der Waals surface area (Å²) in [5, 5.41) is 14.1.